The van der Waals surface area contributed by atoms with Crippen molar-refractivity contribution in [3.8, 4) is 0 Å². The Bertz CT molecular complexity index is 1020. The lowest BCUT2D eigenvalue weighted by molar-refractivity contribution is 0.0882. The Kier molecular flexibility index (Phi) is 4.26. The second kappa shape index (κ2) is 6.72. The van der Waals surface area contributed by atoms with Gasteiger partial charge in [0.05, 0.1) is 12.2 Å². The summed E-state index contributed by atoms with van der Waals surface area (Å²) in [6.45, 7) is 2.58. The maximum atomic E-state index is 12.5. The lowest BCUT2D eigenvalue weighted by atomic mass is 10.1. The molecule has 0 bridgehead atoms. The number of ether oxygens (including phenoxy) is 1. The van der Waals surface area contributed by atoms with E-state index in [2.05, 4.69) is 20.5 Å². The fourth-order valence-corrected chi connectivity index (χ4v) is 3.16. The third-order valence-electron chi connectivity index (χ3n) is 4.48. The Balaban J connectivity index is 1.53. The molecule has 0 saturated carbocycles. The molecule has 2 N–H and O–H groups in total. The van der Waals surface area contributed by atoms with Crippen LogP contribution in [0.3, 0.4) is 0 Å². The molecule has 0 aromatic carbocycles. The van der Waals surface area contributed by atoms with Gasteiger partial charge in [-0.3, -0.25) is 9.89 Å². The van der Waals surface area contributed by atoms with Crippen LogP contribution in [0.1, 0.15) is 46.3 Å². The third-order valence-corrected chi connectivity index (χ3v) is 4.48. The minimum absolute atomic E-state index is 0.00805. The molecular weight excluding hydrogens is 336 g/mol. The number of aromatic amines is 1. The fraction of sp³-hybridized carbons (Fsp3) is 0.333. The minimum atomic E-state index is -0.649. The monoisotopic (exact) mass is 354 g/mol. The van der Waals surface area contributed by atoms with E-state index in [4.69, 9.17) is 9.15 Å². The van der Waals surface area contributed by atoms with Crippen LogP contribution >= 0.6 is 0 Å². The van der Waals surface area contributed by atoms with Gasteiger partial charge in [0.2, 0.25) is 0 Å². The van der Waals surface area contributed by atoms with E-state index in [1.807, 2.05) is 6.07 Å². The van der Waals surface area contributed by atoms with Crippen LogP contribution in [-0.4, -0.2) is 27.7 Å². The lowest BCUT2D eigenvalue weighted by Gasteiger charge is -2.11. The number of nitrogens with one attached hydrogen (secondary N) is 2. The van der Waals surface area contributed by atoms with Crippen LogP contribution in [0.2, 0.25) is 0 Å². The second-order valence-corrected chi connectivity index (χ2v) is 6.26. The van der Waals surface area contributed by atoms with Gasteiger partial charge < -0.3 is 14.5 Å². The maximum Gasteiger partial charge on any atom is 0.349 e. The van der Waals surface area contributed by atoms with E-state index >= 15 is 0 Å². The molecule has 8 nitrogen and oxygen atoms in total. The Morgan fingerprint density at radius 2 is 2.35 bits per heavy atom. The molecule has 1 fully saturated rings. The molecule has 0 spiro atoms. The number of aromatic nitrogens is 3. The number of carbonyl (C=O) groups is 1. The van der Waals surface area contributed by atoms with Crippen LogP contribution in [0.5, 0.6) is 0 Å². The average molecular weight is 354 g/mol. The van der Waals surface area contributed by atoms with E-state index in [1.165, 1.54) is 0 Å². The second-order valence-electron chi connectivity index (χ2n) is 6.26. The zero-order valence-corrected chi connectivity index (χ0v) is 14.2. The van der Waals surface area contributed by atoms with Crippen LogP contribution in [-0.2, 0) is 11.3 Å². The van der Waals surface area contributed by atoms with Crippen LogP contribution < -0.4 is 10.9 Å². The van der Waals surface area contributed by atoms with Crippen LogP contribution in [0.4, 0.5) is 0 Å². The SMILES string of the molecule is Cc1cc(C2CCCO2)oc(=O)c1C(=O)NCc1[nH]nc2ncccc12. The molecule has 1 aliphatic heterocycles. The summed E-state index contributed by atoms with van der Waals surface area (Å²) in [5, 5.41) is 10.5. The highest BCUT2D eigenvalue weighted by molar-refractivity contribution is 5.95. The summed E-state index contributed by atoms with van der Waals surface area (Å²) < 4.78 is 10.9. The minimum Gasteiger partial charge on any atom is -0.424 e. The molecule has 1 saturated heterocycles. The number of H-pyrrole nitrogens is 1. The van der Waals surface area contributed by atoms with Crippen molar-refractivity contribution in [3.63, 3.8) is 0 Å². The van der Waals surface area contributed by atoms with Gasteiger partial charge in [-0.15, -0.1) is 0 Å². The highest BCUT2D eigenvalue weighted by Gasteiger charge is 2.24. The van der Waals surface area contributed by atoms with E-state index in [0.717, 1.165) is 23.9 Å². The predicted molar refractivity (Wildman–Crippen MR) is 92.7 cm³/mol. The molecule has 0 radical (unpaired) electrons. The number of rotatable bonds is 4. The Hall–Kier alpha value is -3.00. The number of hydrogen-bond donors (Lipinski definition) is 2. The number of pyridine rings is 1. The van der Waals surface area contributed by atoms with Gasteiger partial charge in [0.15, 0.2) is 5.65 Å². The first kappa shape index (κ1) is 16.5. The molecule has 1 amide bonds. The molecule has 1 atom stereocenters. The van der Waals surface area contributed by atoms with Gasteiger partial charge in [0.25, 0.3) is 5.91 Å². The molecule has 4 rings (SSSR count). The fourth-order valence-electron chi connectivity index (χ4n) is 3.16. The summed E-state index contributed by atoms with van der Waals surface area (Å²) in [6.07, 6.45) is 3.19. The van der Waals surface area contributed by atoms with Gasteiger partial charge in [0, 0.05) is 18.2 Å². The zero-order valence-electron chi connectivity index (χ0n) is 14.2. The van der Waals surface area contributed by atoms with Crippen LogP contribution in [0, 0.1) is 6.92 Å². The van der Waals surface area contributed by atoms with Crippen molar-refractivity contribution in [1.82, 2.24) is 20.5 Å². The molecule has 0 aliphatic carbocycles. The molecule has 4 heterocycles. The van der Waals surface area contributed by atoms with Crippen molar-refractivity contribution in [1.29, 1.82) is 0 Å². The quantitative estimate of drug-likeness (QED) is 0.741. The first-order valence-corrected chi connectivity index (χ1v) is 8.46. The number of carbonyl (C=O) groups excluding carboxylic acids is 1. The number of nitrogens with zero attached hydrogens (tertiary/aromatic N) is 2. The van der Waals surface area contributed by atoms with Gasteiger partial charge in [-0.1, -0.05) is 0 Å². The lowest BCUT2D eigenvalue weighted by Crippen LogP contribution is -2.29. The van der Waals surface area contributed by atoms with E-state index in [9.17, 15) is 9.59 Å². The molecule has 1 aliphatic rings. The smallest absolute Gasteiger partial charge is 0.349 e. The summed E-state index contributed by atoms with van der Waals surface area (Å²) in [5.74, 6) is -0.00559. The number of fused-ring (bicyclic) bond motifs is 1. The zero-order chi connectivity index (χ0) is 18.1. The summed E-state index contributed by atoms with van der Waals surface area (Å²) in [7, 11) is 0. The van der Waals surface area contributed by atoms with Gasteiger partial charge in [-0.05, 0) is 43.5 Å². The highest BCUT2D eigenvalue weighted by Crippen LogP contribution is 2.28. The molecule has 3 aromatic rings. The van der Waals surface area contributed by atoms with Crippen molar-refractivity contribution in [2.24, 2.45) is 0 Å². The molecule has 26 heavy (non-hydrogen) atoms. The summed E-state index contributed by atoms with van der Waals surface area (Å²) >= 11 is 0. The summed E-state index contributed by atoms with van der Waals surface area (Å²) in [6, 6.07) is 5.37. The molecule has 3 aromatic heterocycles. The third kappa shape index (κ3) is 2.99. The summed E-state index contributed by atoms with van der Waals surface area (Å²) in [4.78, 5) is 28.9. The molecule has 134 valence electrons. The van der Waals surface area contributed by atoms with E-state index in [-0.39, 0.29) is 18.2 Å². The van der Waals surface area contributed by atoms with Gasteiger partial charge in [0.1, 0.15) is 17.4 Å². The number of amides is 1. The van der Waals surface area contributed by atoms with Gasteiger partial charge in [-0.2, -0.15) is 5.10 Å². The van der Waals surface area contributed by atoms with Crippen molar-refractivity contribution in [3.05, 3.63) is 57.4 Å². The Morgan fingerprint density at radius 1 is 1.46 bits per heavy atom. The summed E-state index contributed by atoms with van der Waals surface area (Å²) in [5.41, 5.74) is 1.23. The molecule has 8 heteroatoms. The van der Waals surface area contributed by atoms with Crippen molar-refractivity contribution >= 4 is 16.9 Å². The highest BCUT2D eigenvalue weighted by atomic mass is 16.5. The van der Waals surface area contributed by atoms with Crippen molar-refractivity contribution in [2.45, 2.75) is 32.4 Å². The van der Waals surface area contributed by atoms with Crippen LogP contribution in [0.25, 0.3) is 11.0 Å². The largest absolute Gasteiger partial charge is 0.424 e. The van der Waals surface area contributed by atoms with Gasteiger partial charge in [-0.25, -0.2) is 9.78 Å². The predicted octanol–water partition coefficient (Wildman–Crippen LogP) is 2.00. The maximum absolute atomic E-state index is 12.5. The normalized spacial score (nSPS) is 16.9. The van der Waals surface area contributed by atoms with Crippen LogP contribution in [0.15, 0.2) is 33.6 Å². The molecular formula is C18H18N4O4. The van der Waals surface area contributed by atoms with E-state index < -0.39 is 11.5 Å². The topological polar surface area (TPSA) is 110 Å². The first-order valence-electron chi connectivity index (χ1n) is 8.46. The Labute approximate surface area is 148 Å². The molecule has 1 unspecified atom stereocenters. The van der Waals surface area contributed by atoms with E-state index in [1.54, 1.807) is 25.3 Å². The van der Waals surface area contributed by atoms with E-state index in [0.29, 0.717) is 23.6 Å². The van der Waals surface area contributed by atoms with Crippen molar-refractivity contribution in [2.75, 3.05) is 6.61 Å². The van der Waals surface area contributed by atoms with Gasteiger partial charge >= 0.3 is 5.63 Å². The van der Waals surface area contributed by atoms with Crippen molar-refractivity contribution < 1.29 is 13.9 Å². The Morgan fingerprint density at radius 3 is 3.12 bits per heavy atom. The number of hydrogen-bond acceptors (Lipinski definition) is 6. The number of aryl methyl sites for hydroxylation is 1. The average Bonchev–Trinajstić information content (AvgIpc) is 3.29. The first-order chi connectivity index (χ1) is 12.6. The standard InChI is InChI=1S/C18H18N4O4/c1-10-8-14(13-5-3-7-25-13)26-18(24)15(10)17(23)20-9-12-11-4-2-6-19-16(11)22-21-12/h2,4,6,8,13H,3,5,7,9H2,1H3,(H,20,23)(H,19,21,22).